The van der Waals surface area contributed by atoms with E-state index in [2.05, 4.69) is 5.32 Å². The van der Waals surface area contributed by atoms with Crippen molar-refractivity contribution in [3.05, 3.63) is 92.2 Å². The van der Waals surface area contributed by atoms with Gasteiger partial charge in [0.05, 0.1) is 26.7 Å². The number of alkyl halides is 2. The van der Waals surface area contributed by atoms with E-state index < -0.39 is 27.9 Å². The predicted molar refractivity (Wildman–Crippen MR) is 136 cm³/mol. The summed E-state index contributed by atoms with van der Waals surface area (Å²) >= 11 is 30.8. The fraction of sp³-hybridized carbons (Fsp3) is 0.167. The number of Topliss-reactive ketones (excluding diaryl/α,β-unsaturated/α-hetero) is 1. The summed E-state index contributed by atoms with van der Waals surface area (Å²) in [4.78, 5) is 25.8. The van der Waals surface area contributed by atoms with Gasteiger partial charge >= 0.3 is 0 Å². The summed E-state index contributed by atoms with van der Waals surface area (Å²) in [5.74, 6) is -2.68. The molecule has 4 nitrogen and oxygen atoms in total. The largest absolute Gasteiger partial charge is 0.398 e. The van der Waals surface area contributed by atoms with E-state index in [0.717, 1.165) is 0 Å². The van der Waals surface area contributed by atoms with Crippen LogP contribution < -0.4 is 11.1 Å². The van der Waals surface area contributed by atoms with E-state index in [9.17, 15) is 14.0 Å². The Morgan fingerprint density at radius 2 is 1.68 bits per heavy atom. The van der Waals surface area contributed by atoms with Gasteiger partial charge in [-0.1, -0.05) is 46.9 Å². The smallest absolute Gasteiger partial charge is 0.231 e. The van der Waals surface area contributed by atoms with Gasteiger partial charge in [-0.05, 0) is 53.6 Å². The molecule has 3 aromatic rings. The third-order valence-electron chi connectivity index (χ3n) is 5.60. The fourth-order valence-corrected chi connectivity index (χ4v) is 5.21. The minimum atomic E-state index is -1.38. The van der Waals surface area contributed by atoms with Crippen LogP contribution in [0.4, 0.5) is 15.8 Å². The van der Waals surface area contributed by atoms with Crippen LogP contribution in [0.25, 0.3) is 0 Å². The van der Waals surface area contributed by atoms with Crippen LogP contribution in [0.3, 0.4) is 0 Å². The molecule has 0 bridgehead atoms. The van der Waals surface area contributed by atoms with E-state index in [4.69, 9.17) is 63.7 Å². The molecule has 3 aromatic carbocycles. The van der Waals surface area contributed by atoms with Crippen molar-refractivity contribution < 1.29 is 14.0 Å². The molecule has 0 spiro atoms. The molecule has 0 radical (unpaired) electrons. The number of hydrogen-bond acceptors (Lipinski definition) is 3. The molecule has 1 amide bonds. The maximum absolute atomic E-state index is 13.5. The average Bonchev–Trinajstić information content (AvgIpc) is 3.36. The number of nitrogens with two attached hydrogens (primary N) is 1. The maximum atomic E-state index is 13.5. The second-order valence-corrected chi connectivity index (χ2v) is 10.6. The highest BCUT2D eigenvalue weighted by atomic mass is 35.5. The van der Waals surface area contributed by atoms with Gasteiger partial charge in [0.25, 0.3) is 0 Å². The van der Waals surface area contributed by atoms with Gasteiger partial charge < -0.3 is 11.1 Å². The number of carbonyl (C=O) groups is 2. The van der Waals surface area contributed by atoms with Gasteiger partial charge in [0.1, 0.15) is 10.2 Å². The first kappa shape index (κ1) is 25.1. The second-order valence-electron chi connectivity index (χ2n) is 7.94. The first-order valence-electron chi connectivity index (χ1n) is 9.99. The predicted octanol–water partition coefficient (Wildman–Crippen LogP) is 7.32. The van der Waals surface area contributed by atoms with Crippen molar-refractivity contribution in [1.82, 2.24) is 0 Å². The van der Waals surface area contributed by atoms with E-state index in [1.807, 2.05) is 0 Å². The van der Waals surface area contributed by atoms with Gasteiger partial charge in [-0.2, -0.15) is 0 Å². The number of hydrogen-bond donors (Lipinski definition) is 2. The molecule has 34 heavy (non-hydrogen) atoms. The molecule has 176 valence electrons. The summed E-state index contributed by atoms with van der Waals surface area (Å²) in [6, 6.07) is 13.6. The van der Waals surface area contributed by atoms with Crippen LogP contribution in [0.5, 0.6) is 0 Å². The fourth-order valence-electron chi connectivity index (χ4n) is 3.77. The molecule has 0 saturated heterocycles. The number of benzene rings is 3. The Kier molecular flexibility index (Phi) is 7.05. The standard InChI is InChI=1S/C24H16Cl5FN2O2/c25-15-4-3-13(10-14(15)20(33)8-11-1-6-19(31)17(27)7-11)32-23(34)22-21(24(22,28)29)12-2-5-18(30)16(26)9-12/h1-7,9-10,21-22H,8,31H2,(H,32,34). The molecule has 2 unspecified atom stereocenters. The first-order valence-corrected chi connectivity index (χ1v) is 11.9. The molecule has 1 aliphatic rings. The second kappa shape index (κ2) is 9.56. The van der Waals surface area contributed by atoms with Gasteiger partial charge in [-0.3, -0.25) is 9.59 Å². The van der Waals surface area contributed by atoms with Gasteiger partial charge in [0.15, 0.2) is 5.78 Å². The highest BCUT2D eigenvalue weighted by molar-refractivity contribution is 6.53. The third-order valence-corrected chi connectivity index (χ3v) is 7.49. The van der Waals surface area contributed by atoms with Crippen molar-refractivity contribution in [2.24, 2.45) is 5.92 Å². The molecular formula is C24H16Cl5FN2O2. The number of carbonyl (C=O) groups excluding carboxylic acids is 2. The Morgan fingerprint density at radius 1 is 0.941 bits per heavy atom. The molecule has 0 heterocycles. The summed E-state index contributed by atoms with van der Waals surface area (Å²) in [5, 5.41) is 3.22. The molecule has 1 aliphatic carbocycles. The molecule has 0 aliphatic heterocycles. The lowest BCUT2D eigenvalue weighted by molar-refractivity contribution is -0.117. The van der Waals surface area contributed by atoms with Crippen LogP contribution in [0, 0.1) is 11.7 Å². The molecule has 1 saturated carbocycles. The number of rotatable bonds is 6. The maximum Gasteiger partial charge on any atom is 0.231 e. The van der Waals surface area contributed by atoms with Crippen molar-refractivity contribution in [2.75, 3.05) is 11.1 Å². The number of halogens is 6. The van der Waals surface area contributed by atoms with E-state index in [1.165, 1.54) is 30.3 Å². The highest BCUT2D eigenvalue weighted by Gasteiger charge is 2.67. The van der Waals surface area contributed by atoms with E-state index in [1.54, 1.807) is 24.3 Å². The Bertz CT molecular complexity index is 1310. The quantitative estimate of drug-likeness (QED) is 0.189. The highest BCUT2D eigenvalue weighted by Crippen LogP contribution is 2.65. The summed E-state index contributed by atoms with van der Waals surface area (Å²) in [7, 11) is 0. The molecule has 1 fully saturated rings. The minimum Gasteiger partial charge on any atom is -0.398 e. The topological polar surface area (TPSA) is 72.2 Å². The Morgan fingerprint density at radius 3 is 2.35 bits per heavy atom. The number of amides is 1. The monoisotopic (exact) mass is 558 g/mol. The zero-order valence-corrected chi connectivity index (χ0v) is 21.0. The first-order chi connectivity index (χ1) is 16.0. The van der Waals surface area contributed by atoms with Crippen molar-refractivity contribution in [3.8, 4) is 0 Å². The summed E-state index contributed by atoms with van der Waals surface area (Å²) in [5.41, 5.74) is 7.92. The van der Waals surface area contributed by atoms with Crippen molar-refractivity contribution in [2.45, 2.75) is 16.7 Å². The summed E-state index contributed by atoms with van der Waals surface area (Å²) < 4.78 is 12.1. The minimum absolute atomic E-state index is 0.0413. The van der Waals surface area contributed by atoms with Crippen LogP contribution in [0.15, 0.2) is 54.6 Å². The van der Waals surface area contributed by atoms with Crippen LogP contribution in [-0.2, 0) is 11.2 Å². The Hall–Kier alpha value is -2.02. The Balaban J connectivity index is 1.50. The molecule has 0 aromatic heterocycles. The number of nitrogen functional groups attached to an aromatic ring is 1. The Labute approximate surface area is 220 Å². The molecule has 4 rings (SSSR count). The zero-order valence-electron chi connectivity index (χ0n) is 17.2. The van der Waals surface area contributed by atoms with E-state index in [-0.39, 0.29) is 27.8 Å². The summed E-state index contributed by atoms with van der Waals surface area (Å²) in [6.45, 7) is 0. The molecule has 10 heteroatoms. The zero-order chi connectivity index (χ0) is 24.8. The van der Waals surface area contributed by atoms with Crippen molar-refractivity contribution in [1.29, 1.82) is 0 Å². The SMILES string of the molecule is Nc1ccc(CC(=O)c2cc(NC(=O)C3C(c4ccc(F)c(Cl)c4)C3(Cl)Cl)ccc2Cl)cc1Cl. The van der Waals surface area contributed by atoms with Gasteiger partial charge in [0, 0.05) is 23.6 Å². The summed E-state index contributed by atoms with van der Waals surface area (Å²) in [6.07, 6.45) is 0.0413. The number of ketones is 1. The van der Waals surface area contributed by atoms with Gasteiger partial charge in [0.2, 0.25) is 5.91 Å². The van der Waals surface area contributed by atoms with Crippen LogP contribution in [-0.4, -0.2) is 16.0 Å². The number of anilines is 2. The lowest BCUT2D eigenvalue weighted by Gasteiger charge is -2.10. The van der Waals surface area contributed by atoms with Crippen LogP contribution in [0.1, 0.15) is 27.4 Å². The van der Waals surface area contributed by atoms with Crippen molar-refractivity contribution in [3.63, 3.8) is 0 Å². The lowest BCUT2D eigenvalue weighted by Crippen LogP contribution is -2.17. The molecule has 3 N–H and O–H groups in total. The van der Waals surface area contributed by atoms with E-state index in [0.29, 0.717) is 27.5 Å². The third kappa shape index (κ3) is 5.00. The van der Waals surface area contributed by atoms with Crippen molar-refractivity contribution >= 4 is 81.1 Å². The van der Waals surface area contributed by atoms with Gasteiger partial charge in [-0.25, -0.2) is 4.39 Å². The van der Waals surface area contributed by atoms with Crippen LogP contribution in [0.2, 0.25) is 15.1 Å². The lowest BCUT2D eigenvalue weighted by atomic mass is 10.0. The molecule has 2 atom stereocenters. The number of nitrogens with one attached hydrogen (secondary N) is 1. The average molecular weight is 561 g/mol. The normalized spacial score (nSPS) is 18.4. The van der Waals surface area contributed by atoms with Crippen LogP contribution >= 0.6 is 58.0 Å². The van der Waals surface area contributed by atoms with Gasteiger partial charge in [-0.15, -0.1) is 23.2 Å². The molecular weight excluding hydrogens is 545 g/mol. The van der Waals surface area contributed by atoms with E-state index >= 15 is 0 Å².